The lowest BCUT2D eigenvalue weighted by atomic mass is 10.2. The van der Waals surface area contributed by atoms with Gasteiger partial charge < -0.3 is 9.80 Å². The van der Waals surface area contributed by atoms with Crippen LogP contribution >= 0.6 is 0 Å². The molecule has 0 aromatic carbocycles. The van der Waals surface area contributed by atoms with Crippen LogP contribution in [0.3, 0.4) is 0 Å². The second-order valence-corrected chi connectivity index (χ2v) is 5.24. The normalized spacial score (nSPS) is 11.3. The monoisotopic (exact) mass is 267 g/mol. The summed E-state index contributed by atoms with van der Waals surface area (Å²) in [7, 11) is 4.06. The van der Waals surface area contributed by atoms with Crippen molar-refractivity contribution in [3.8, 4) is 0 Å². The zero-order valence-electron chi connectivity index (χ0n) is 12.6. The van der Waals surface area contributed by atoms with E-state index in [2.05, 4.69) is 20.1 Å². The number of carbonyl (C=O) groups excluding carboxylic acids is 1. The highest BCUT2D eigenvalue weighted by Crippen LogP contribution is 2.09. The van der Waals surface area contributed by atoms with Gasteiger partial charge in [0.1, 0.15) is 5.82 Å². The largest absolute Gasteiger partial charge is 0.336 e. The van der Waals surface area contributed by atoms with Crippen molar-refractivity contribution in [1.82, 2.24) is 25.0 Å². The Bertz CT molecular complexity index is 399. The molecule has 1 amide bonds. The number of hydrogen-bond acceptors (Lipinski definition) is 4. The summed E-state index contributed by atoms with van der Waals surface area (Å²) in [5.74, 6) is 1.19. The summed E-state index contributed by atoms with van der Waals surface area (Å²) in [4.78, 5) is 20.4. The number of nitrogens with zero attached hydrogens (tertiary/aromatic N) is 4. The molecule has 0 radical (unpaired) electrons. The zero-order valence-corrected chi connectivity index (χ0v) is 12.6. The molecular weight excluding hydrogens is 242 g/mol. The lowest BCUT2D eigenvalue weighted by Crippen LogP contribution is -2.34. The summed E-state index contributed by atoms with van der Waals surface area (Å²) in [5, 5.41) is 6.83. The molecule has 0 atom stereocenters. The van der Waals surface area contributed by atoms with Gasteiger partial charge >= 0.3 is 0 Å². The molecule has 0 unspecified atom stereocenters. The summed E-state index contributed by atoms with van der Waals surface area (Å²) in [6.45, 7) is 8.39. The first-order chi connectivity index (χ1) is 8.95. The first-order valence-corrected chi connectivity index (χ1v) is 6.82. The van der Waals surface area contributed by atoms with Crippen LogP contribution in [0.15, 0.2) is 0 Å². The van der Waals surface area contributed by atoms with Gasteiger partial charge in [0.2, 0.25) is 5.82 Å². The minimum Gasteiger partial charge on any atom is -0.336 e. The Kier molecular flexibility index (Phi) is 5.95. The van der Waals surface area contributed by atoms with Gasteiger partial charge in [-0.1, -0.05) is 13.8 Å². The SMILES string of the molecule is CCN(CCCN(C)C)C(=O)c1n[nH]c(C(C)C)n1. The second kappa shape index (κ2) is 7.23. The molecule has 0 saturated carbocycles. The lowest BCUT2D eigenvalue weighted by molar-refractivity contribution is 0.0747. The summed E-state index contributed by atoms with van der Waals surface area (Å²) in [5.41, 5.74) is 0. The third-order valence-electron chi connectivity index (χ3n) is 2.94. The lowest BCUT2D eigenvalue weighted by Gasteiger charge is -2.20. The van der Waals surface area contributed by atoms with Crippen molar-refractivity contribution in [3.63, 3.8) is 0 Å². The van der Waals surface area contributed by atoms with E-state index in [4.69, 9.17) is 0 Å². The van der Waals surface area contributed by atoms with Crippen molar-refractivity contribution in [3.05, 3.63) is 11.6 Å². The standard InChI is InChI=1S/C13H25N5O/c1-6-18(9-7-8-17(4)5)13(19)12-14-11(10(2)3)15-16-12/h10H,6-9H2,1-5H3,(H,14,15,16). The van der Waals surface area contributed by atoms with Gasteiger partial charge in [-0.3, -0.25) is 9.89 Å². The molecule has 0 saturated heterocycles. The van der Waals surface area contributed by atoms with Crippen LogP contribution in [-0.2, 0) is 0 Å². The summed E-state index contributed by atoms with van der Waals surface area (Å²) < 4.78 is 0. The molecule has 1 aromatic rings. The highest BCUT2D eigenvalue weighted by molar-refractivity contribution is 5.90. The van der Waals surface area contributed by atoms with Crippen molar-refractivity contribution in [2.24, 2.45) is 0 Å². The van der Waals surface area contributed by atoms with Crippen LogP contribution in [-0.4, -0.2) is 64.6 Å². The Hall–Kier alpha value is -1.43. The van der Waals surface area contributed by atoms with Gasteiger partial charge in [-0.15, -0.1) is 5.10 Å². The van der Waals surface area contributed by atoms with Gasteiger partial charge in [0.25, 0.3) is 5.91 Å². The minimum atomic E-state index is -0.0931. The van der Waals surface area contributed by atoms with Crippen LogP contribution in [0.1, 0.15) is 49.6 Å². The topological polar surface area (TPSA) is 65.1 Å². The van der Waals surface area contributed by atoms with Gasteiger partial charge in [0.15, 0.2) is 0 Å². The van der Waals surface area contributed by atoms with Crippen molar-refractivity contribution >= 4 is 5.91 Å². The Morgan fingerprint density at radius 2 is 2.00 bits per heavy atom. The second-order valence-electron chi connectivity index (χ2n) is 5.24. The molecule has 19 heavy (non-hydrogen) atoms. The smallest absolute Gasteiger partial charge is 0.293 e. The molecular formula is C13H25N5O. The Morgan fingerprint density at radius 3 is 2.47 bits per heavy atom. The number of hydrogen-bond donors (Lipinski definition) is 1. The van der Waals surface area contributed by atoms with Crippen LogP contribution in [0.25, 0.3) is 0 Å². The number of aromatic amines is 1. The van der Waals surface area contributed by atoms with Gasteiger partial charge in [-0.25, -0.2) is 4.98 Å². The molecule has 1 N–H and O–H groups in total. The van der Waals surface area contributed by atoms with Crippen LogP contribution in [0, 0.1) is 0 Å². The number of carbonyl (C=O) groups is 1. The Morgan fingerprint density at radius 1 is 1.32 bits per heavy atom. The van der Waals surface area contributed by atoms with E-state index in [1.165, 1.54) is 0 Å². The average Bonchev–Trinajstić information content (AvgIpc) is 2.83. The van der Waals surface area contributed by atoms with Crippen molar-refractivity contribution in [2.75, 3.05) is 33.7 Å². The predicted octanol–water partition coefficient (Wildman–Crippen LogP) is 1.34. The average molecular weight is 267 g/mol. The summed E-state index contributed by atoms with van der Waals surface area (Å²) in [6, 6.07) is 0. The Labute approximate surface area is 115 Å². The van der Waals surface area contributed by atoms with Crippen molar-refractivity contribution < 1.29 is 4.79 Å². The van der Waals surface area contributed by atoms with Crippen molar-refractivity contribution in [2.45, 2.75) is 33.1 Å². The van der Waals surface area contributed by atoms with E-state index in [-0.39, 0.29) is 17.6 Å². The maximum Gasteiger partial charge on any atom is 0.293 e. The van der Waals surface area contributed by atoms with Crippen LogP contribution in [0.5, 0.6) is 0 Å². The van der Waals surface area contributed by atoms with E-state index >= 15 is 0 Å². The molecule has 6 heteroatoms. The first-order valence-electron chi connectivity index (χ1n) is 6.82. The van der Waals surface area contributed by atoms with E-state index in [1.54, 1.807) is 4.90 Å². The van der Waals surface area contributed by atoms with Crippen LogP contribution in [0.2, 0.25) is 0 Å². The predicted molar refractivity (Wildman–Crippen MR) is 75.2 cm³/mol. The number of amides is 1. The highest BCUT2D eigenvalue weighted by atomic mass is 16.2. The maximum atomic E-state index is 12.3. The fraction of sp³-hybridized carbons (Fsp3) is 0.769. The van der Waals surface area contributed by atoms with E-state index < -0.39 is 0 Å². The Balaban J connectivity index is 2.61. The third-order valence-corrected chi connectivity index (χ3v) is 2.94. The molecule has 1 rings (SSSR count). The van der Waals surface area contributed by atoms with Gasteiger partial charge in [-0.05, 0) is 34.0 Å². The molecule has 0 aliphatic heterocycles. The highest BCUT2D eigenvalue weighted by Gasteiger charge is 2.19. The molecule has 0 fully saturated rings. The number of H-pyrrole nitrogens is 1. The van der Waals surface area contributed by atoms with Gasteiger partial charge in [0.05, 0.1) is 0 Å². The third kappa shape index (κ3) is 4.63. The van der Waals surface area contributed by atoms with Crippen LogP contribution in [0.4, 0.5) is 0 Å². The van der Waals surface area contributed by atoms with Crippen molar-refractivity contribution in [1.29, 1.82) is 0 Å². The van der Waals surface area contributed by atoms with E-state index in [0.717, 1.165) is 25.3 Å². The summed E-state index contributed by atoms with van der Waals surface area (Å²) in [6.07, 6.45) is 0.952. The molecule has 6 nitrogen and oxygen atoms in total. The maximum absolute atomic E-state index is 12.3. The van der Waals surface area contributed by atoms with Crippen LogP contribution < -0.4 is 0 Å². The fourth-order valence-electron chi connectivity index (χ4n) is 1.75. The summed E-state index contributed by atoms with van der Waals surface area (Å²) >= 11 is 0. The molecule has 0 aliphatic rings. The number of rotatable bonds is 7. The zero-order chi connectivity index (χ0) is 14.4. The molecule has 0 spiro atoms. The molecule has 108 valence electrons. The molecule has 0 bridgehead atoms. The van der Waals surface area contributed by atoms with E-state index in [9.17, 15) is 4.79 Å². The van der Waals surface area contributed by atoms with Gasteiger partial charge in [0, 0.05) is 19.0 Å². The fourth-order valence-corrected chi connectivity index (χ4v) is 1.75. The minimum absolute atomic E-state index is 0.0931. The van der Waals surface area contributed by atoms with E-state index in [0.29, 0.717) is 6.54 Å². The molecule has 0 aliphatic carbocycles. The number of aromatic nitrogens is 3. The first kappa shape index (κ1) is 15.6. The molecule has 1 aromatic heterocycles. The number of nitrogens with one attached hydrogen (secondary N) is 1. The molecule has 1 heterocycles. The van der Waals surface area contributed by atoms with E-state index in [1.807, 2.05) is 34.9 Å². The van der Waals surface area contributed by atoms with Gasteiger partial charge in [-0.2, -0.15) is 0 Å². The quantitative estimate of drug-likeness (QED) is 0.809.